The second-order valence-electron chi connectivity index (χ2n) is 7.41. The SMILES string of the molecule is CCCNc1ncc(CN2CCN3[C@@H](COC[C@@H]3C3CC3)C2)cn1. The maximum atomic E-state index is 5.90. The molecule has 4 rings (SSSR count). The number of fused-ring (bicyclic) bond motifs is 1. The Labute approximate surface area is 144 Å². The second-order valence-corrected chi connectivity index (χ2v) is 7.41. The molecule has 1 saturated carbocycles. The van der Waals surface area contributed by atoms with E-state index in [0.717, 1.165) is 57.7 Å². The van der Waals surface area contributed by atoms with Crippen molar-refractivity contribution in [1.29, 1.82) is 0 Å². The molecule has 24 heavy (non-hydrogen) atoms. The summed E-state index contributed by atoms with van der Waals surface area (Å²) in [6.45, 7) is 9.24. The van der Waals surface area contributed by atoms with Crippen molar-refractivity contribution in [3.05, 3.63) is 18.0 Å². The normalized spacial score (nSPS) is 28.5. The molecule has 0 radical (unpaired) electrons. The van der Waals surface area contributed by atoms with Crippen LogP contribution in [0.15, 0.2) is 12.4 Å². The van der Waals surface area contributed by atoms with E-state index in [9.17, 15) is 0 Å². The molecule has 3 aliphatic rings. The van der Waals surface area contributed by atoms with Gasteiger partial charge < -0.3 is 10.1 Å². The lowest BCUT2D eigenvalue weighted by molar-refractivity contribution is -0.0880. The Bertz CT molecular complexity index is 533. The van der Waals surface area contributed by atoms with Crippen LogP contribution < -0.4 is 5.32 Å². The van der Waals surface area contributed by atoms with Gasteiger partial charge in [-0.3, -0.25) is 9.80 Å². The predicted octanol–water partition coefficient (Wildman–Crippen LogP) is 1.59. The van der Waals surface area contributed by atoms with Gasteiger partial charge in [0.1, 0.15) is 0 Å². The smallest absolute Gasteiger partial charge is 0.222 e. The number of nitrogens with zero attached hydrogens (tertiary/aromatic N) is 4. The number of piperazine rings is 1. The van der Waals surface area contributed by atoms with Crippen LogP contribution in [0.2, 0.25) is 0 Å². The van der Waals surface area contributed by atoms with E-state index in [1.807, 2.05) is 12.4 Å². The second kappa shape index (κ2) is 7.33. The molecule has 3 heterocycles. The first-order valence-electron chi connectivity index (χ1n) is 9.44. The van der Waals surface area contributed by atoms with Crippen molar-refractivity contribution in [3.63, 3.8) is 0 Å². The van der Waals surface area contributed by atoms with Gasteiger partial charge in [0.05, 0.1) is 13.2 Å². The van der Waals surface area contributed by atoms with Crippen LogP contribution in [0.4, 0.5) is 5.95 Å². The van der Waals surface area contributed by atoms with E-state index in [-0.39, 0.29) is 0 Å². The van der Waals surface area contributed by atoms with Crippen molar-refractivity contribution in [2.24, 2.45) is 5.92 Å². The van der Waals surface area contributed by atoms with E-state index in [0.29, 0.717) is 12.1 Å². The van der Waals surface area contributed by atoms with Gasteiger partial charge in [0, 0.05) is 62.8 Å². The van der Waals surface area contributed by atoms with Crippen molar-refractivity contribution >= 4 is 5.95 Å². The van der Waals surface area contributed by atoms with Crippen LogP contribution in [-0.2, 0) is 11.3 Å². The Kier molecular flexibility index (Phi) is 4.96. The number of hydrogen-bond acceptors (Lipinski definition) is 6. The van der Waals surface area contributed by atoms with Crippen molar-refractivity contribution in [1.82, 2.24) is 19.8 Å². The molecular weight excluding hydrogens is 302 g/mol. The summed E-state index contributed by atoms with van der Waals surface area (Å²) in [6.07, 6.45) is 7.80. The number of hydrogen-bond donors (Lipinski definition) is 1. The fourth-order valence-electron chi connectivity index (χ4n) is 3.99. The first-order chi connectivity index (χ1) is 11.8. The van der Waals surface area contributed by atoms with E-state index in [1.165, 1.54) is 24.9 Å². The standard InChI is InChI=1S/C18H29N5O/c1-2-5-19-18-20-8-14(9-21-18)10-22-6-7-23-16(11-22)12-24-13-17(23)15-3-4-15/h8-9,15-17H,2-7,10-13H2,1H3,(H,19,20,21)/t16-,17-/m1/s1. The zero-order chi connectivity index (χ0) is 16.4. The van der Waals surface area contributed by atoms with Crippen molar-refractivity contribution in [3.8, 4) is 0 Å². The monoisotopic (exact) mass is 331 g/mol. The number of aromatic nitrogens is 2. The van der Waals surface area contributed by atoms with Crippen molar-refractivity contribution in [2.75, 3.05) is 44.7 Å². The molecular formula is C18H29N5O. The highest BCUT2D eigenvalue weighted by Gasteiger charge is 2.42. The maximum absolute atomic E-state index is 5.90. The summed E-state index contributed by atoms with van der Waals surface area (Å²) in [5.74, 6) is 1.63. The molecule has 0 spiro atoms. The summed E-state index contributed by atoms with van der Waals surface area (Å²) >= 11 is 0. The Morgan fingerprint density at radius 3 is 2.79 bits per heavy atom. The number of anilines is 1. The minimum Gasteiger partial charge on any atom is -0.378 e. The van der Waals surface area contributed by atoms with E-state index in [4.69, 9.17) is 4.74 Å². The quantitative estimate of drug-likeness (QED) is 0.854. The summed E-state index contributed by atoms with van der Waals surface area (Å²) < 4.78 is 5.90. The highest BCUT2D eigenvalue weighted by molar-refractivity contribution is 5.24. The number of morpholine rings is 1. The molecule has 3 fully saturated rings. The lowest BCUT2D eigenvalue weighted by Crippen LogP contribution is -2.62. The van der Waals surface area contributed by atoms with E-state index in [2.05, 4.69) is 32.0 Å². The molecule has 2 atom stereocenters. The van der Waals surface area contributed by atoms with E-state index < -0.39 is 0 Å². The van der Waals surface area contributed by atoms with Gasteiger partial charge in [0.25, 0.3) is 0 Å². The molecule has 0 bridgehead atoms. The summed E-state index contributed by atoms with van der Waals surface area (Å²) in [6, 6.07) is 1.24. The highest BCUT2D eigenvalue weighted by atomic mass is 16.5. The third-order valence-corrected chi connectivity index (χ3v) is 5.45. The number of ether oxygens (including phenoxy) is 1. The number of nitrogens with one attached hydrogen (secondary N) is 1. The molecule has 2 saturated heterocycles. The molecule has 1 aromatic heterocycles. The van der Waals surface area contributed by atoms with E-state index >= 15 is 0 Å². The Hall–Kier alpha value is -1.24. The van der Waals surface area contributed by atoms with Crippen LogP contribution in [0.25, 0.3) is 0 Å². The van der Waals surface area contributed by atoms with Gasteiger partial charge in [-0.25, -0.2) is 9.97 Å². The first-order valence-corrected chi connectivity index (χ1v) is 9.44. The summed E-state index contributed by atoms with van der Waals surface area (Å²) in [7, 11) is 0. The average molecular weight is 331 g/mol. The minimum atomic E-state index is 0.560. The van der Waals surface area contributed by atoms with Gasteiger partial charge >= 0.3 is 0 Å². The molecule has 1 N–H and O–H groups in total. The minimum absolute atomic E-state index is 0.560. The maximum Gasteiger partial charge on any atom is 0.222 e. The van der Waals surface area contributed by atoms with Gasteiger partial charge in [-0.2, -0.15) is 0 Å². The molecule has 2 aliphatic heterocycles. The van der Waals surface area contributed by atoms with Gasteiger partial charge in [-0.1, -0.05) is 6.92 Å². The Morgan fingerprint density at radius 2 is 2.04 bits per heavy atom. The fraction of sp³-hybridized carbons (Fsp3) is 0.778. The van der Waals surface area contributed by atoms with Crippen molar-refractivity contribution in [2.45, 2.75) is 44.8 Å². The first kappa shape index (κ1) is 16.2. The summed E-state index contributed by atoms with van der Waals surface area (Å²) in [5, 5.41) is 3.22. The lowest BCUT2D eigenvalue weighted by Gasteiger charge is -2.48. The number of rotatable bonds is 6. The van der Waals surface area contributed by atoms with Crippen LogP contribution >= 0.6 is 0 Å². The topological polar surface area (TPSA) is 53.5 Å². The summed E-state index contributed by atoms with van der Waals surface area (Å²) in [4.78, 5) is 14.1. The molecule has 1 aliphatic carbocycles. The average Bonchev–Trinajstić information content (AvgIpc) is 3.45. The van der Waals surface area contributed by atoms with Crippen LogP contribution in [0.1, 0.15) is 31.7 Å². The Balaban J connectivity index is 1.31. The molecule has 1 aromatic rings. The van der Waals surface area contributed by atoms with Crippen LogP contribution in [0.3, 0.4) is 0 Å². The van der Waals surface area contributed by atoms with Gasteiger partial charge in [0.2, 0.25) is 5.95 Å². The fourth-order valence-corrected chi connectivity index (χ4v) is 3.99. The van der Waals surface area contributed by atoms with E-state index in [1.54, 1.807) is 0 Å². The lowest BCUT2D eigenvalue weighted by atomic mass is 10.0. The van der Waals surface area contributed by atoms with Crippen LogP contribution in [-0.4, -0.2) is 71.2 Å². The molecule has 6 heteroatoms. The third-order valence-electron chi connectivity index (χ3n) is 5.45. The van der Waals surface area contributed by atoms with Crippen LogP contribution in [0.5, 0.6) is 0 Å². The van der Waals surface area contributed by atoms with Crippen molar-refractivity contribution < 1.29 is 4.74 Å². The van der Waals surface area contributed by atoms with Crippen LogP contribution in [0, 0.1) is 5.92 Å². The van der Waals surface area contributed by atoms with Gasteiger partial charge in [-0.15, -0.1) is 0 Å². The molecule has 0 aromatic carbocycles. The summed E-state index contributed by atoms with van der Waals surface area (Å²) in [5.41, 5.74) is 1.20. The molecule has 6 nitrogen and oxygen atoms in total. The van der Waals surface area contributed by atoms with Gasteiger partial charge in [-0.05, 0) is 25.2 Å². The third kappa shape index (κ3) is 3.71. The highest BCUT2D eigenvalue weighted by Crippen LogP contribution is 2.38. The molecule has 132 valence electrons. The largest absolute Gasteiger partial charge is 0.378 e. The Morgan fingerprint density at radius 1 is 1.21 bits per heavy atom. The zero-order valence-electron chi connectivity index (χ0n) is 14.7. The molecule has 0 amide bonds. The zero-order valence-corrected chi connectivity index (χ0v) is 14.7. The molecule has 0 unspecified atom stereocenters. The predicted molar refractivity (Wildman–Crippen MR) is 93.9 cm³/mol. The van der Waals surface area contributed by atoms with Gasteiger partial charge in [0.15, 0.2) is 0 Å².